The van der Waals surface area contributed by atoms with Gasteiger partial charge in [-0.15, -0.1) is 12.1 Å². The Kier molecular flexibility index (Phi) is 2.49. The molecule has 0 aromatic carbocycles. The zero-order valence-corrected chi connectivity index (χ0v) is 7.17. The van der Waals surface area contributed by atoms with Gasteiger partial charge in [-0.25, -0.2) is 0 Å². The van der Waals surface area contributed by atoms with Gasteiger partial charge in [-0.2, -0.15) is 5.10 Å². The van der Waals surface area contributed by atoms with Crippen LogP contribution in [0.3, 0.4) is 0 Å². The Morgan fingerprint density at radius 2 is 2.23 bits per heavy atom. The molecule has 72 valence electrons. The second-order valence-electron chi connectivity index (χ2n) is 2.89. The summed E-state index contributed by atoms with van der Waals surface area (Å²) in [5.74, 6) is 0. The van der Waals surface area contributed by atoms with Crippen molar-refractivity contribution in [2.75, 3.05) is 0 Å². The standard InChI is InChI=1S/C7H9BF3N2/c1-6(8(9,10)11)5-13-4-3-7(2)12-13/h3-4H,1,5H2,2H3/q-1. The molecule has 2 nitrogen and oxygen atoms in total. The molecule has 0 unspecified atom stereocenters. The van der Waals surface area contributed by atoms with Gasteiger partial charge in [0.05, 0.1) is 5.69 Å². The lowest BCUT2D eigenvalue weighted by atomic mass is 9.80. The molecule has 1 aromatic heterocycles. The summed E-state index contributed by atoms with van der Waals surface area (Å²) in [6, 6.07) is 1.65. The first-order valence-corrected chi connectivity index (χ1v) is 3.77. The highest BCUT2D eigenvalue weighted by Crippen LogP contribution is 2.19. The van der Waals surface area contributed by atoms with Gasteiger partial charge in [-0.3, -0.25) is 4.68 Å². The van der Waals surface area contributed by atoms with E-state index >= 15 is 0 Å². The van der Waals surface area contributed by atoms with E-state index in [-0.39, 0.29) is 6.54 Å². The molecule has 0 N–H and O–H groups in total. The normalized spacial score (nSPS) is 11.7. The van der Waals surface area contributed by atoms with Gasteiger partial charge in [-0.05, 0) is 13.0 Å². The van der Waals surface area contributed by atoms with Crippen LogP contribution in [0.15, 0.2) is 24.3 Å². The smallest absolute Gasteiger partial charge is 0.445 e. The molecule has 0 saturated carbocycles. The molecule has 1 rings (SSSR count). The van der Waals surface area contributed by atoms with E-state index < -0.39 is 12.4 Å². The van der Waals surface area contributed by atoms with Crippen molar-refractivity contribution in [3.8, 4) is 0 Å². The molecule has 0 saturated heterocycles. The maximum Gasteiger partial charge on any atom is 0.506 e. The van der Waals surface area contributed by atoms with Crippen LogP contribution < -0.4 is 0 Å². The minimum atomic E-state index is -4.94. The van der Waals surface area contributed by atoms with E-state index in [2.05, 4.69) is 11.7 Å². The van der Waals surface area contributed by atoms with Crippen LogP contribution in [0, 0.1) is 6.92 Å². The number of allylic oxidation sites excluding steroid dienone is 1. The molecule has 0 aliphatic heterocycles. The lowest BCUT2D eigenvalue weighted by molar-refractivity contribution is 0.479. The molecule has 1 aromatic rings. The highest BCUT2D eigenvalue weighted by atomic mass is 19.4. The van der Waals surface area contributed by atoms with Gasteiger partial charge in [-0.1, -0.05) is 0 Å². The van der Waals surface area contributed by atoms with Gasteiger partial charge in [0, 0.05) is 12.7 Å². The Morgan fingerprint density at radius 1 is 1.62 bits per heavy atom. The van der Waals surface area contributed by atoms with E-state index in [4.69, 9.17) is 0 Å². The summed E-state index contributed by atoms with van der Waals surface area (Å²) in [4.78, 5) is 0. The van der Waals surface area contributed by atoms with Crippen molar-refractivity contribution in [1.29, 1.82) is 0 Å². The number of nitrogens with zero attached hydrogens (tertiary/aromatic N) is 2. The topological polar surface area (TPSA) is 17.8 Å². The molecule has 0 fully saturated rings. The van der Waals surface area contributed by atoms with Gasteiger partial charge < -0.3 is 12.9 Å². The zero-order chi connectivity index (χ0) is 10.1. The largest absolute Gasteiger partial charge is 0.506 e. The number of rotatable bonds is 3. The Hall–Kier alpha value is -1.20. The van der Waals surface area contributed by atoms with E-state index in [1.165, 1.54) is 10.9 Å². The molecular weight excluding hydrogens is 180 g/mol. The van der Waals surface area contributed by atoms with Crippen LogP contribution in [0.5, 0.6) is 0 Å². The first-order chi connectivity index (χ1) is 5.89. The van der Waals surface area contributed by atoms with E-state index in [1.807, 2.05) is 0 Å². The molecule has 0 radical (unpaired) electrons. The third-order valence-corrected chi connectivity index (χ3v) is 1.60. The monoisotopic (exact) mass is 189 g/mol. The second kappa shape index (κ2) is 3.28. The number of aryl methyl sites for hydroxylation is 1. The van der Waals surface area contributed by atoms with Crippen LogP contribution in [0.4, 0.5) is 12.9 Å². The van der Waals surface area contributed by atoms with Crippen molar-refractivity contribution in [2.45, 2.75) is 13.5 Å². The Labute approximate surface area is 74.1 Å². The summed E-state index contributed by atoms with van der Waals surface area (Å²) < 4.78 is 37.4. The summed E-state index contributed by atoms with van der Waals surface area (Å²) in [5, 5.41) is 3.83. The molecule has 0 bridgehead atoms. The number of hydrogen-bond acceptors (Lipinski definition) is 1. The van der Waals surface area contributed by atoms with Crippen LogP contribution in [-0.4, -0.2) is 16.8 Å². The molecule has 0 amide bonds. The van der Waals surface area contributed by atoms with Crippen molar-refractivity contribution < 1.29 is 12.9 Å². The second-order valence-corrected chi connectivity index (χ2v) is 2.89. The Morgan fingerprint density at radius 3 is 2.62 bits per heavy atom. The lowest BCUT2D eigenvalue weighted by Gasteiger charge is -2.17. The number of aromatic nitrogens is 2. The van der Waals surface area contributed by atoms with E-state index in [1.54, 1.807) is 13.0 Å². The quantitative estimate of drug-likeness (QED) is 0.666. The molecule has 6 heteroatoms. The van der Waals surface area contributed by atoms with Gasteiger partial charge in [0.15, 0.2) is 0 Å². The van der Waals surface area contributed by atoms with Crippen molar-refractivity contribution in [2.24, 2.45) is 0 Å². The number of halogens is 3. The Balaban J connectivity index is 2.65. The highest BCUT2D eigenvalue weighted by Gasteiger charge is 2.26. The van der Waals surface area contributed by atoms with Crippen LogP contribution in [0.2, 0.25) is 0 Å². The fourth-order valence-electron chi connectivity index (χ4n) is 0.863. The van der Waals surface area contributed by atoms with Gasteiger partial charge in [0.2, 0.25) is 0 Å². The average molecular weight is 189 g/mol. The van der Waals surface area contributed by atoms with Crippen molar-refractivity contribution in [3.63, 3.8) is 0 Å². The summed E-state index contributed by atoms with van der Waals surface area (Å²) >= 11 is 0. The molecule has 0 atom stereocenters. The predicted octanol–water partition coefficient (Wildman–Crippen LogP) is 2.13. The minimum absolute atomic E-state index is 0.280. The molecule has 0 aliphatic carbocycles. The van der Waals surface area contributed by atoms with Crippen molar-refractivity contribution >= 4 is 6.98 Å². The maximum absolute atomic E-state index is 12.1. The van der Waals surface area contributed by atoms with Crippen LogP contribution in [-0.2, 0) is 6.54 Å². The summed E-state index contributed by atoms with van der Waals surface area (Å²) in [6.07, 6.45) is 1.50. The average Bonchev–Trinajstić information content (AvgIpc) is 2.33. The third kappa shape index (κ3) is 2.64. The minimum Gasteiger partial charge on any atom is -0.445 e. The highest BCUT2D eigenvalue weighted by molar-refractivity contribution is 6.66. The third-order valence-electron chi connectivity index (χ3n) is 1.60. The van der Waals surface area contributed by atoms with E-state index in [0.29, 0.717) is 5.69 Å². The van der Waals surface area contributed by atoms with Crippen LogP contribution in [0.25, 0.3) is 0 Å². The fraction of sp³-hybridized carbons (Fsp3) is 0.286. The summed E-state index contributed by atoms with van der Waals surface area (Å²) in [6.45, 7) is -0.531. The maximum atomic E-state index is 12.1. The predicted molar refractivity (Wildman–Crippen MR) is 45.2 cm³/mol. The van der Waals surface area contributed by atoms with E-state index in [0.717, 1.165) is 0 Å². The first kappa shape index (κ1) is 9.89. The van der Waals surface area contributed by atoms with Crippen molar-refractivity contribution in [1.82, 2.24) is 9.78 Å². The molecule has 1 heterocycles. The summed E-state index contributed by atoms with van der Waals surface area (Å²) in [5.41, 5.74) is -0.0365. The van der Waals surface area contributed by atoms with Gasteiger partial charge in [0.1, 0.15) is 0 Å². The fourth-order valence-corrected chi connectivity index (χ4v) is 0.863. The van der Waals surface area contributed by atoms with Crippen LogP contribution in [0.1, 0.15) is 5.69 Å². The first-order valence-electron chi connectivity index (χ1n) is 3.77. The summed E-state index contributed by atoms with van der Waals surface area (Å²) in [7, 11) is 0. The van der Waals surface area contributed by atoms with Crippen molar-refractivity contribution in [3.05, 3.63) is 30.0 Å². The van der Waals surface area contributed by atoms with Gasteiger partial charge in [0.25, 0.3) is 0 Å². The molecular formula is C7H9BF3N2-. The molecule has 0 spiro atoms. The van der Waals surface area contributed by atoms with E-state index in [9.17, 15) is 12.9 Å². The lowest BCUT2D eigenvalue weighted by Crippen LogP contribution is -2.22. The molecule has 0 aliphatic rings. The van der Waals surface area contributed by atoms with Crippen LogP contribution >= 0.6 is 0 Å². The molecule has 13 heavy (non-hydrogen) atoms. The zero-order valence-electron chi connectivity index (χ0n) is 7.17. The SMILES string of the molecule is C=C(Cn1ccc(C)n1)[B-](F)(F)F. The van der Waals surface area contributed by atoms with Gasteiger partial charge >= 0.3 is 6.98 Å². The Bertz CT molecular complexity index is 316. The number of hydrogen-bond donors (Lipinski definition) is 0.